The molecule has 1 unspecified atom stereocenters. The largest absolute Gasteiger partial charge is 0.313 e. The molecule has 1 N–H and O–H groups in total. The van der Waals surface area contributed by atoms with Gasteiger partial charge >= 0.3 is 0 Å². The fraction of sp³-hybridized carbons (Fsp3) is 0.250. The van der Waals surface area contributed by atoms with E-state index in [0.717, 1.165) is 12.1 Å². The van der Waals surface area contributed by atoms with Gasteiger partial charge in [0.15, 0.2) is 0 Å². The molecule has 25 heavy (non-hydrogen) atoms. The molecule has 1 saturated heterocycles. The highest BCUT2D eigenvalue weighted by Gasteiger charge is 2.36. The van der Waals surface area contributed by atoms with Gasteiger partial charge in [-0.05, 0) is 35.9 Å². The second kappa shape index (κ2) is 7.97. The van der Waals surface area contributed by atoms with Gasteiger partial charge in [0.2, 0.25) is 10.0 Å². The quantitative estimate of drug-likeness (QED) is 0.846. The van der Waals surface area contributed by atoms with Crippen molar-refractivity contribution in [2.75, 3.05) is 19.6 Å². The van der Waals surface area contributed by atoms with Crippen molar-refractivity contribution >= 4 is 34.0 Å². The van der Waals surface area contributed by atoms with Crippen LogP contribution in [-0.2, 0) is 10.0 Å². The Hall–Kier alpha value is -1.25. The van der Waals surface area contributed by atoms with Crippen molar-refractivity contribution in [2.24, 2.45) is 0 Å². The van der Waals surface area contributed by atoms with Crippen molar-refractivity contribution in [1.82, 2.24) is 9.62 Å². The van der Waals surface area contributed by atoms with E-state index in [9.17, 15) is 17.2 Å². The second-order valence-corrected chi connectivity index (χ2v) is 7.76. The molecule has 4 nitrogen and oxygen atoms in total. The van der Waals surface area contributed by atoms with Gasteiger partial charge in [0.05, 0.1) is 6.04 Å². The molecule has 9 heteroatoms. The van der Waals surface area contributed by atoms with Crippen molar-refractivity contribution < 1.29 is 17.2 Å². The van der Waals surface area contributed by atoms with E-state index in [-0.39, 0.29) is 19.0 Å². The summed E-state index contributed by atoms with van der Waals surface area (Å²) >= 11 is 5.99. The number of nitrogens with zero attached hydrogens (tertiary/aromatic N) is 1. The molecule has 0 amide bonds. The van der Waals surface area contributed by atoms with Crippen molar-refractivity contribution in [3.8, 4) is 0 Å². The number of sulfonamides is 1. The first kappa shape index (κ1) is 20.1. The summed E-state index contributed by atoms with van der Waals surface area (Å²) in [6.45, 7) is 0.930. The molecule has 1 heterocycles. The molecule has 2 aromatic rings. The van der Waals surface area contributed by atoms with E-state index >= 15 is 0 Å². The third-order valence-corrected chi connectivity index (χ3v) is 6.07. The summed E-state index contributed by atoms with van der Waals surface area (Å²) in [6.07, 6.45) is 0. The molecule has 0 bridgehead atoms. The van der Waals surface area contributed by atoms with Crippen LogP contribution in [-0.4, -0.2) is 32.4 Å². The highest BCUT2D eigenvalue weighted by molar-refractivity contribution is 7.89. The Morgan fingerprint density at radius 1 is 1.16 bits per heavy atom. The van der Waals surface area contributed by atoms with Gasteiger partial charge in [0, 0.05) is 24.7 Å². The van der Waals surface area contributed by atoms with Crippen LogP contribution < -0.4 is 5.32 Å². The van der Waals surface area contributed by atoms with Crippen LogP contribution >= 0.6 is 24.0 Å². The Labute approximate surface area is 156 Å². The number of nitrogens with one attached hydrogen (secondary N) is 1. The zero-order chi connectivity index (χ0) is 17.3. The van der Waals surface area contributed by atoms with E-state index in [2.05, 4.69) is 5.32 Å². The summed E-state index contributed by atoms with van der Waals surface area (Å²) in [5, 5.41) is 3.59. The molecule has 1 aliphatic heterocycles. The summed E-state index contributed by atoms with van der Waals surface area (Å²) in [7, 11) is -4.19. The first-order valence-electron chi connectivity index (χ1n) is 7.32. The highest BCUT2D eigenvalue weighted by atomic mass is 35.5. The maximum atomic E-state index is 14.0. The Bertz CT molecular complexity index is 865. The molecule has 1 atom stereocenters. The Morgan fingerprint density at radius 2 is 1.92 bits per heavy atom. The lowest BCUT2D eigenvalue weighted by Gasteiger charge is -2.35. The van der Waals surface area contributed by atoms with Crippen LogP contribution in [0.4, 0.5) is 8.78 Å². The fourth-order valence-corrected chi connectivity index (χ4v) is 4.66. The number of halogens is 4. The number of piperazine rings is 1. The topological polar surface area (TPSA) is 49.4 Å². The molecule has 0 spiro atoms. The van der Waals surface area contributed by atoms with Gasteiger partial charge < -0.3 is 5.32 Å². The minimum Gasteiger partial charge on any atom is -0.313 e. The van der Waals surface area contributed by atoms with E-state index in [0.29, 0.717) is 29.7 Å². The third-order valence-electron chi connectivity index (χ3n) is 3.91. The molecular weight excluding hydrogens is 393 g/mol. The van der Waals surface area contributed by atoms with Gasteiger partial charge in [-0.3, -0.25) is 0 Å². The first-order valence-corrected chi connectivity index (χ1v) is 9.14. The summed E-state index contributed by atoms with van der Waals surface area (Å²) in [6, 6.07) is 8.70. The maximum absolute atomic E-state index is 14.0. The summed E-state index contributed by atoms with van der Waals surface area (Å²) in [5.74, 6) is -1.77. The summed E-state index contributed by atoms with van der Waals surface area (Å²) < 4.78 is 54.4. The van der Waals surface area contributed by atoms with Gasteiger partial charge in [-0.2, -0.15) is 4.31 Å². The number of benzene rings is 2. The van der Waals surface area contributed by atoms with Crippen molar-refractivity contribution in [2.45, 2.75) is 10.9 Å². The molecule has 0 aromatic heterocycles. The van der Waals surface area contributed by atoms with Crippen LogP contribution in [0.5, 0.6) is 0 Å². The fourth-order valence-electron chi connectivity index (χ4n) is 2.77. The monoisotopic (exact) mass is 408 g/mol. The standard InChI is InChI=1S/C16H15ClF2N2O2S.ClH/c17-12-3-1-2-11(8-12)15-10-20-6-7-21(15)24(22,23)16-9-13(18)4-5-14(16)19;/h1-5,8-9,15,20H,6-7,10H2;1H. The average Bonchev–Trinajstić information content (AvgIpc) is 2.57. The molecule has 0 radical (unpaired) electrons. The number of hydrogen-bond acceptors (Lipinski definition) is 3. The molecule has 3 rings (SSSR count). The zero-order valence-corrected chi connectivity index (χ0v) is 15.3. The van der Waals surface area contributed by atoms with Gasteiger partial charge in [0.25, 0.3) is 0 Å². The Kier molecular flexibility index (Phi) is 6.40. The predicted octanol–water partition coefficient (Wildman–Crippen LogP) is 3.38. The van der Waals surface area contributed by atoms with Gasteiger partial charge in [-0.25, -0.2) is 17.2 Å². The maximum Gasteiger partial charge on any atom is 0.246 e. The average molecular weight is 409 g/mol. The Morgan fingerprint density at radius 3 is 2.64 bits per heavy atom. The van der Waals surface area contributed by atoms with Crippen LogP contribution in [0.25, 0.3) is 0 Å². The number of hydrogen-bond donors (Lipinski definition) is 1. The van der Waals surface area contributed by atoms with Crippen LogP contribution in [0.3, 0.4) is 0 Å². The Balaban J connectivity index is 0.00000225. The van der Waals surface area contributed by atoms with Crippen LogP contribution in [0, 0.1) is 11.6 Å². The zero-order valence-electron chi connectivity index (χ0n) is 13.0. The lowest BCUT2D eigenvalue weighted by atomic mass is 10.1. The lowest BCUT2D eigenvalue weighted by molar-refractivity contribution is 0.270. The predicted molar refractivity (Wildman–Crippen MR) is 94.6 cm³/mol. The van der Waals surface area contributed by atoms with E-state index < -0.39 is 32.6 Å². The van der Waals surface area contributed by atoms with Gasteiger partial charge in [-0.1, -0.05) is 23.7 Å². The SMILES string of the molecule is Cl.O=S(=O)(c1cc(F)ccc1F)N1CCNCC1c1cccc(Cl)c1. The molecule has 0 aliphatic carbocycles. The van der Waals surface area contributed by atoms with Crippen molar-refractivity contribution in [3.63, 3.8) is 0 Å². The van der Waals surface area contributed by atoms with Gasteiger partial charge in [-0.15, -0.1) is 12.4 Å². The number of rotatable bonds is 3. The molecule has 2 aromatic carbocycles. The highest BCUT2D eigenvalue weighted by Crippen LogP contribution is 2.31. The van der Waals surface area contributed by atoms with Crippen molar-refractivity contribution in [1.29, 1.82) is 0 Å². The normalized spacial score (nSPS) is 18.6. The van der Waals surface area contributed by atoms with Gasteiger partial charge in [0.1, 0.15) is 16.5 Å². The molecular formula is C16H16Cl2F2N2O2S. The second-order valence-electron chi connectivity index (χ2n) is 5.47. The first-order chi connectivity index (χ1) is 11.4. The van der Waals surface area contributed by atoms with E-state index in [1.54, 1.807) is 24.3 Å². The van der Waals surface area contributed by atoms with E-state index in [4.69, 9.17) is 11.6 Å². The summed E-state index contributed by atoms with van der Waals surface area (Å²) in [5.41, 5.74) is 0.690. The minimum absolute atomic E-state index is 0. The lowest BCUT2D eigenvalue weighted by Crippen LogP contribution is -2.48. The smallest absolute Gasteiger partial charge is 0.246 e. The van der Waals surface area contributed by atoms with Crippen molar-refractivity contribution in [3.05, 3.63) is 64.7 Å². The molecule has 0 saturated carbocycles. The molecule has 136 valence electrons. The summed E-state index contributed by atoms with van der Waals surface area (Å²) in [4.78, 5) is -0.656. The van der Waals surface area contributed by atoms with E-state index in [1.807, 2.05) is 0 Å². The molecule has 1 fully saturated rings. The minimum atomic E-state index is -4.19. The van der Waals surface area contributed by atoms with Crippen LogP contribution in [0.1, 0.15) is 11.6 Å². The van der Waals surface area contributed by atoms with E-state index in [1.165, 1.54) is 4.31 Å². The molecule has 1 aliphatic rings. The van der Waals surface area contributed by atoms with Crippen LogP contribution in [0.2, 0.25) is 5.02 Å². The van der Waals surface area contributed by atoms with Crippen LogP contribution in [0.15, 0.2) is 47.4 Å². The third kappa shape index (κ3) is 4.12.